The number of hydrogen-bond acceptors (Lipinski definition) is 9. The van der Waals surface area contributed by atoms with Crippen molar-refractivity contribution < 1.29 is 38.3 Å². The Morgan fingerprint density at radius 2 is 1.16 bits per heavy atom. The van der Waals surface area contributed by atoms with Gasteiger partial charge in [-0.3, -0.25) is 24.1 Å². The fraction of sp³-hybridized carbons (Fsp3) is 0.477. The summed E-state index contributed by atoms with van der Waals surface area (Å²) in [7, 11) is 0. The van der Waals surface area contributed by atoms with Gasteiger partial charge >= 0.3 is 11.9 Å². The van der Waals surface area contributed by atoms with Crippen LogP contribution in [0.25, 0.3) is 0 Å². The predicted molar refractivity (Wildman–Crippen MR) is 205 cm³/mol. The molecule has 3 amide bonds. The van der Waals surface area contributed by atoms with E-state index in [-0.39, 0.29) is 37.2 Å². The molecule has 55 heavy (non-hydrogen) atoms. The number of fused-ring (bicyclic) bond motifs is 1. The normalized spacial score (nSPS) is 22.3. The molecule has 0 aromatic heterocycles. The number of esters is 1. The van der Waals surface area contributed by atoms with Crippen LogP contribution >= 0.6 is 0 Å². The van der Waals surface area contributed by atoms with E-state index in [0.29, 0.717) is 37.7 Å². The highest BCUT2D eigenvalue weighted by molar-refractivity contribution is 6.05. The summed E-state index contributed by atoms with van der Waals surface area (Å²) in [4.78, 5) is 73.8. The number of nitrogens with zero attached hydrogens (tertiary/aromatic N) is 3. The number of hydroxylamine groups is 2. The van der Waals surface area contributed by atoms with Crippen molar-refractivity contribution in [2.45, 2.75) is 77.5 Å². The second-order valence-electron chi connectivity index (χ2n) is 15.8. The summed E-state index contributed by atoms with van der Waals surface area (Å²) in [5, 5.41) is 0.589. The predicted octanol–water partition coefficient (Wildman–Crippen LogP) is 5.76. The Balaban J connectivity index is 0.977. The lowest BCUT2D eigenvalue weighted by Gasteiger charge is -2.49. The van der Waals surface area contributed by atoms with Crippen LogP contribution in [0.5, 0.6) is 0 Å². The first-order valence-electron chi connectivity index (χ1n) is 19.5. The number of carbonyl (C=O) groups excluding carboxylic acids is 5. The number of ether oxygens (including phenoxy) is 2. The maximum absolute atomic E-state index is 13.6. The molecular formula is C44H53N3O8. The van der Waals surface area contributed by atoms with Gasteiger partial charge in [0, 0.05) is 32.6 Å². The quantitative estimate of drug-likeness (QED) is 0.115. The van der Waals surface area contributed by atoms with Gasteiger partial charge in [-0.2, -0.15) is 0 Å². The van der Waals surface area contributed by atoms with Crippen LogP contribution in [-0.2, 0) is 43.8 Å². The zero-order valence-corrected chi connectivity index (χ0v) is 32.5. The summed E-state index contributed by atoms with van der Waals surface area (Å²) in [6.07, 6.45) is -0.227. The summed E-state index contributed by atoms with van der Waals surface area (Å²) < 4.78 is 11.6. The average Bonchev–Trinajstić information content (AvgIpc) is 3.62. The Bertz CT molecular complexity index is 1700. The monoisotopic (exact) mass is 751 g/mol. The second-order valence-corrected chi connectivity index (χ2v) is 15.8. The number of rotatable bonds is 14. The number of benzene rings is 3. The molecule has 292 valence electrons. The summed E-state index contributed by atoms with van der Waals surface area (Å²) >= 11 is 0. The Morgan fingerprint density at radius 1 is 0.709 bits per heavy atom. The molecule has 0 bridgehead atoms. The average molecular weight is 752 g/mol. The molecule has 11 heteroatoms. The standard InChI is InChI=1S/C44H53N3O8/c1-30-29-31(2)39-38(30)41(51)47(42(39)52)55-37(49)22-21-36(48)54-43(4,5)23-28-53-32(3)40(50)45-24-26-46(27-25-45)44(33-15-9-6-10-16-33,34-17-11-7-12-18-34)35-19-13-8-14-20-35/h6-20,30-32,38-39H,21-29H2,1-5H3. The zero-order valence-electron chi connectivity index (χ0n) is 32.5. The van der Waals surface area contributed by atoms with Gasteiger partial charge in [-0.1, -0.05) is 105 Å². The molecule has 2 heterocycles. The van der Waals surface area contributed by atoms with E-state index in [1.165, 1.54) is 0 Å². The van der Waals surface area contributed by atoms with Crippen molar-refractivity contribution in [3.05, 3.63) is 108 Å². The highest BCUT2D eigenvalue weighted by atomic mass is 16.7. The summed E-state index contributed by atoms with van der Waals surface area (Å²) in [6.45, 7) is 11.6. The fourth-order valence-corrected chi connectivity index (χ4v) is 8.77. The SMILES string of the molecule is CC(OCCC(C)(C)OC(=O)CCC(=O)ON1C(=O)C2C(C)CC(C)C2C1=O)C(=O)N1CCN(C(c2ccccc2)(c2ccccc2)c2ccccc2)CC1. The smallest absolute Gasteiger partial charge is 0.333 e. The largest absolute Gasteiger partial charge is 0.460 e. The minimum atomic E-state index is -0.935. The molecule has 11 nitrogen and oxygen atoms in total. The van der Waals surface area contributed by atoms with Crippen LogP contribution in [0.1, 0.15) is 77.0 Å². The number of carbonyl (C=O) groups is 5. The topological polar surface area (TPSA) is 123 Å². The molecule has 6 rings (SSSR count). The first kappa shape index (κ1) is 39.8. The lowest BCUT2D eigenvalue weighted by Crippen LogP contribution is -2.58. The Kier molecular flexibility index (Phi) is 12.2. The van der Waals surface area contributed by atoms with Crippen molar-refractivity contribution in [2.75, 3.05) is 32.8 Å². The van der Waals surface area contributed by atoms with Gasteiger partial charge in [-0.15, -0.1) is 5.06 Å². The minimum Gasteiger partial charge on any atom is -0.460 e. The number of imide groups is 1. The summed E-state index contributed by atoms with van der Waals surface area (Å²) in [5.74, 6) is -3.44. The molecule has 5 atom stereocenters. The Morgan fingerprint density at radius 3 is 1.64 bits per heavy atom. The summed E-state index contributed by atoms with van der Waals surface area (Å²) in [6, 6.07) is 31.5. The van der Waals surface area contributed by atoms with E-state index in [1.807, 2.05) is 36.9 Å². The molecular weight excluding hydrogens is 698 g/mol. The molecule has 2 saturated heterocycles. The van der Waals surface area contributed by atoms with E-state index < -0.39 is 52.8 Å². The third-order valence-electron chi connectivity index (χ3n) is 11.5. The maximum Gasteiger partial charge on any atom is 0.333 e. The number of hydrogen-bond donors (Lipinski definition) is 0. The molecule has 5 unspecified atom stereocenters. The molecule has 3 aromatic carbocycles. The van der Waals surface area contributed by atoms with Crippen LogP contribution in [0.4, 0.5) is 0 Å². The van der Waals surface area contributed by atoms with Crippen molar-refractivity contribution in [1.82, 2.24) is 14.9 Å². The first-order valence-corrected chi connectivity index (χ1v) is 19.5. The van der Waals surface area contributed by atoms with Crippen LogP contribution in [0, 0.1) is 23.7 Å². The lowest BCUT2D eigenvalue weighted by molar-refractivity contribution is -0.199. The van der Waals surface area contributed by atoms with Crippen LogP contribution in [-0.4, -0.2) is 89.0 Å². The minimum absolute atomic E-state index is 0.0321. The van der Waals surface area contributed by atoms with Crippen LogP contribution < -0.4 is 0 Å². The fourth-order valence-electron chi connectivity index (χ4n) is 8.77. The zero-order chi connectivity index (χ0) is 39.3. The number of amides is 3. The van der Waals surface area contributed by atoms with E-state index >= 15 is 0 Å². The highest BCUT2D eigenvalue weighted by Gasteiger charge is 2.58. The van der Waals surface area contributed by atoms with Crippen molar-refractivity contribution in [3.8, 4) is 0 Å². The second kappa shape index (κ2) is 16.9. The van der Waals surface area contributed by atoms with E-state index in [9.17, 15) is 24.0 Å². The Hall–Kier alpha value is -4.87. The lowest BCUT2D eigenvalue weighted by atomic mass is 9.75. The van der Waals surface area contributed by atoms with Gasteiger partial charge in [-0.25, -0.2) is 4.79 Å². The molecule has 0 radical (unpaired) electrons. The highest BCUT2D eigenvalue weighted by Crippen LogP contribution is 2.47. The molecule has 3 fully saturated rings. The first-order chi connectivity index (χ1) is 26.3. The van der Waals surface area contributed by atoms with Gasteiger partial charge in [0.1, 0.15) is 11.7 Å². The Labute approximate surface area is 323 Å². The van der Waals surface area contributed by atoms with Crippen molar-refractivity contribution in [3.63, 3.8) is 0 Å². The van der Waals surface area contributed by atoms with Crippen molar-refractivity contribution in [2.24, 2.45) is 23.7 Å². The molecule has 2 aliphatic heterocycles. The maximum atomic E-state index is 13.6. The van der Waals surface area contributed by atoms with Gasteiger partial charge in [0.2, 0.25) is 0 Å². The van der Waals surface area contributed by atoms with E-state index in [0.717, 1.165) is 23.1 Å². The van der Waals surface area contributed by atoms with E-state index in [1.54, 1.807) is 20.8 Å². The third-order valence-corrected chi connectivity index (χ3v) is 11.5. The third kappa shape index (κ3) is 8.38. The molecule has 1 aliphatic carbocycles. The van der Waals surface area contributed by atoms with E-state index in [2.05, 4.69) is 77.7 Å². The molecule has 3 aromatic rings. The van der Waals surface area contributed by atoms with Crippen molar-refractivity contribution >= 4 is 29.7 Å². The van der Waals surface area contributed by atoms with Gasteiger partial charge in [0.25, 0.3) is 17.7 Å². The molecule has 1 saturated carbocycles. The van der Waals surface area contributed by atoms with Crippen LogP contribution in [0.3, 0.4) is 0 Å². The molecule has 0 spiro atoms. The molecule has 3 aliphatic rings. The van der Waals surface area contributed by atoms with Gasteiger partial charge in [-0.05, 0) is 55.7 Å². The van der Waals surface area contributed by atoms with Gasteiger partial charge in [0.05, 0.1) is 36.8 Å². The van der Waals surface area contributed by atoms with E-state index in [4.69, 9.17) is 14.3 Å². The van der Waals surface area contributed by atoms with Gasteiger partial charge in [0.15, 0.2) is 0 Å². The van der Waals surface area contributed by atoms with Crippen LogP contribution in [0.2, 0.25) is 0 Å². The molecule has 0 N–H and O–H groups in total. The van der Waals surface area contributed by atoms with Crippen LogP contribution in [0.15, 0.2) is 91.0 Å². The van der Waals surface area contributed by atoms with Gasteiger partial charge < -0.3 is 19.2 Å². The van der Waals surface area contributed by atoms with Crippen molar-refractivity contribution in [1.29, 1.82) is 0 Å². The number of piperazine rings is 1. The summed E-state index contributed by atoms with van der Waals surface area (Å²) in [5.41, 5.74) is 2.00.